The summed E-state index contributed by atoms with van der Waals surface area (Å²) >= 11 is 6.02. The van der Waals surface area contributed by atoms with Gasteiger partial charge in [0, 0.05) is 23.7 Å². The van der Waals surface area contributed by atoms with Crippen molar-refractivity contribution in [2.75, 3.05) is 19.8 Å². The van der Waals surface area contributed by atoms with Crippen molar-refractivity contribution in [3.8, 4) is 5.75 Å². The van der Waals surface area contributed by atoms with Gasteiger partial charge in [0.25, 0.3) is 5.91 Å². The molecule has 0 saturated carbocycles. The largest absolute Gasteiger partial charge is 0.491 e. The van der Waals surface area contributed by atoms with Crippen LogP contribution >= 0.6 is 11.6 Å². The number of likely N-dealkylation sites (tertiary alicyclic amines) is 1. The van der Waals surface area contributed by atoms with Crippen LogP contribution in [0, 0.1) is 5.41 Å². The third-order valence-electron chi connectivity index (χ3n) is 5.13. The molecule has 5 N–H and O–H groups in total. The molecule has 0 aromatic heterocycles. The Morgan fingerprint density at radius 1 is 1.31 bits per heavy atom. The van der Waals surface area contributed by atoms with Gasteiger partial charge in [0.1, 0.15) is 30.9 Å². The highest BCUT2D eigenvalue weighted by Gasteiger charge is 2.40. The maximum atomic E-state index is 12.8. The number of aliphatic hydroxyl groups excluding tert-OH is 1. The van der Waals surface area contributed by atoms with Gasteiger partial charge in [-0.05, 0) is 35.7 Å². The Balaban J connectivity index is 1.60. The second-order valence-electron chi connectivity index (χ2n) is 7.32. The van der Waals surface area contributed by atoms with E-state index in [9.17, 15) is 19.1 Å². The number of rotatable bonds is 9. The zero-order chi connectivity index (χ0) is 23.3. The van der Waals surface area contributed by atoms with E-state index in [0.29, 0.717) is 18.5 Å². The molecule has 3 rings (SSSR count). The summed E-state index contributed by atoms with van der Waals surface area (Å²) in [5, 5.41) is 20.9. The van der Waals surface area contributed by atoms with Crippen LogP contribution in [0.25, 0.3) is 0 Å². The zero-order valence-electron chi connectivity index (χ0n) is 17.2. The van der Waals surface area contributed by atoms with Crippen molar-refractivity contribution < 1.29 is 23.8 Å². The number of amidine groups is 1. The van der Waals surface area contributed by atoms with E-state index < -0.39 is 24.7 Å². The highest BCUT2D eigenvalue weighted by Crippen LogP contribution is 2.29. The van der Waals surface area contributed by atoms with E-state index in [-0.39, 0.29) is 41.2 Å². The lowest BCUT2D eigenvalue weighted by Crippen LogP contribution is -2.59. The van der Waals surface area contributed by atoms with Gasteiger partial charge in [-0.3, -0.25) is 15.0 Å². The zero-order valence-corrected chi connectivity index (χ0v) is 17.9. The molecule has 1 heterocycles. The van der Waals surface area contributed by atoms with Gasteiger partial charge in [0.15, 0.2) is 6.10 Å². The summed E-state index contributed by atoms with van der Waals surface area (Å²) in [6, 6.07) is 10.5. The lowest BCUT2D eigenvalue weighted by Gasteiger charge is -2.40. The third kappa shape index (κ3) is 5.54. The van der Waals surface area contributed by atoms with Crippen molar-refractivity contribution in [3.05, 3.63) is 64.2 Å². The number of halogens is 2. The molecule has 2 aromatic rings. The first-order valence-electron chi connectivity index (χ1n) is 9.99. The van der Waals surface area contributed by atoms with Crippen LogP contribution in [-0.2, 0) is 16.1 Å². The van der Waals surface area contributed by atoms with E-state index in [2.05, 4.69) is 5.32 Å². The number of alkyl halides is 1. The fourth-order valence-electron chi connectivity index (χ4n) is 3.31. The number of hydrogen-bond donors (Lipinski definition) is 4. The molecule has 1 fully saturated rings. The number of nitrogens with zero attached hydrogens (tertiary/aromatic N) is 1. The molecule has 2 amide bonds. The van der Waals surface area contributed by atoms with Crippen LogP contribution in [0.15, 0.2) is 42.5 Å². The molecule has 1 aliphatic rings. The minimum Gasteiger partial charge on any atom is -0.491 e. The van der Waals surface area contributed by atoms with E-state index >= 15 is 0 Å². The number of carbonyl (C=O) groups excluding carboxylic acids is 2. The van der Waals surface area contributed by atoms with Crippen LogP contribution in [0.2, 0.25) is 5.02 Å². The van der Waals surface area contributed by atoms with Crippen LogP contribution in [0.4, 0.5) is 4.39 Å². The number of benzene rings is 2. The number of amides is 2. The SMILES string of the molecule is N=C(N)c1ccc(CNC(=O)[C@@H]2CCN2C(=O)[C@H](O)c2cc(Cl)cc(OCCF)c2)cc1. The summed E-state index contributed by atoms with van der Waals surface area (Å²) in [6.45, 7) is -0.265. The smallest absolute Gasteiger partial charge is 0.256 e. The van der Waals surface area contributed by atoms with Crippen LogP contribution < -0.4 is 15.8 Å². The average molecular weight is 463 g/mol. The normalized spacial score (nSPS) is 16.1. The molecular formula is C22H24ClFN4O4. The maximum absolute atomic E-state index is 12.8. The minimum absolute atomic E-state index is 0.0384. The van der Waals surface area contributed by atoms with Gasteiger partial charge in [0.2, 0.25) is 5.91 Å². The first-order valence-corrected chi connectivity index (χ1v) is 10.4. The van der Waals surface area contributed by atoms with Crippen LogP contribution in [0.3, 0.4) is 0 Å². The Labute approximate surface area is 189 Å². The topological polar surface area (TPSA) is 129 Å². The molecule has 2 aromatic carbocycles. The summed E-state index contributed by atoms with van der Waals surface area (Å²) < 4.78 is 17.5. The summed E-state index contributed by atoms with van der Waals surface area (Å²) in [5.74, 6) is -0.749. The van der Waals surface area contributed by atoms with Gasteiger partial charge in [-0.1, -0.05) is 35.9 Å². The number of carbonyl (C=O) groups is 2. The van der Waals surface area contributed by atoms with Crippen molar-refractivity contribution in [1.82, 2.24) is 10.2 Å². The van der Waals surface area contributed by atoms with Crippen molar-refractivity contribution >= 4 is 29.3 Å². The fraction of sp³-hybridized carbons (Fsp3) is 0.318. The first kappa shape index (κ1) is 23.5. The first-order chi connectivity index (χ1) is 15.3. The molecule has 2 atom stereocenters. The molecular weight excluding hydrogens is 439 g/mol. The van der Waals surface area contributed by atoms with Gasteiger partial charge in [-0.25, -0.2) is 4.39 Å². The minimum atomic E-state index is -1.53. The molecule has 0 spiro atoms. The molecule has 0 unspecified atom stereocenters. The molecule has 1 aliphatic heterocycles. The number of nitrogen functional groups attached to an aromatic ring is 1. The van der Waals surface area contributed by atoms with Gasteiger partial charge in [-0.2, -0.15) is 0 Å². The molecule has 170 valence electrons. The summed E-state index contributed by atoms with van der Waals surface area (Å²) in [5.41, 5.74) is 7.03. The number of ether oxygens (including phenoxy) is 1. The Kier molecular flexibility index (Phi) is 7.66. The highest BCUT2D eigenvalue weighted by atomic mass is 35.5. The number of aliphatic hydroxyl groups is 1. The highest BCUT2D eigenvalue weighted by molar-refractivity contribution is 6.30. The molecule has 10 heteroatoms. The molecule has 1 saturated heterocycles. The number of nitrogens with two attached hydrogens (primary N) is 1. The van der Waals surface area contributed by atoms with Gasteiger partial charge in [0.05, 0.1) is 0 Å². The standard InChI is InChI=1S/C22H24ClFN4O4/c23-16-9-15(10-17(11-16)32-8-6-24)19(29)22(31)28-7-5-18(28)21(30)27-12-13-1-3-14(4-2-13)20(25)26/h1-4,9-11,18-19,29H,5-8,12H2,(H3,25,26)(H,27,30)/t18-,19+/m0/s1. The second kappa shape index (κ2) is 10.4. The van der Waals surface area contributed by atoms with E-state index in [1.165, 1.54) is 23.1 Å². The van der Waals surface area contributed by atoms with Crippen LogP contribution in [-0.4, -0.2) is 53.5 Å². The maximum Gasteiger partial charge on any atom is 0.256 e. The van der Waals surface area contributed by atoms with Gasteiger partial charge < -0.3 is 25.8 Å². The predicted octanol–water partition coefficient (Wildman–Crippen LogP) is 1.92. The van der Waals surface area contributed by atoms with E-state index in [1.807, 2.05) is 0 Å². The summed E-state index contributed by atoms with van der Waals surface area (Å²) in [4.78, 5) is 26.6. The monoisotopic (exact) mass is 462 g/mol. The summed E-state index contributed by atoms with van der Waals surface area (Å²) in [6.07, 6.45) is -1.05. The third-order valence-corrected chi connectivity index (χ3v) is 5.34. The lowest BCUT2D eigenvalue weighted by atomic mass is 9.98. The van der Waals surface area contributed by atoms with E-state index in [0.717, 1.165) is 5.56 Å². The van der Waals surface area contributed by atoms with E-state index in [4.69, 9.17) is 27.5 Å². The molecule has 0 aliphatic carbocycles. The van der Waals surface area contributed by atoms with E-state index in [1.54, 1.807) is 24.3 Å². The summed E-state index contributed by atoms with van der Waals surface area (Å²) in [7, 11) is 0. The van der Waals surface area contributed by atoms with Crippen molar-refractivity contribution in [1.29, 1.82) is 5.41 Å². The van der Waals surface area contributed by atoms with Crippen molar-refractivity contribution in [3.63, 3.8) is 0 Å². The molecule has 0 bridgehead atoms. The van der Waals surface area contributed by atoms with Gasteiger partial charge in [-0.15, -0.1) is 0 Å². The second-order valence-corrected chi connectivity index (χ2v) is 7.76. The molecule has 0 radical (unpaired) electrons. The average Bonchev–Trinajstić information content (AvgIpc) is 2.74. The van der Waals surface area contributed by atoms with Crippen molar-refractivity contribution in [2.45, 2.75) is 25.1 Å². The Hall–Kier alpha value is -3.17. The van der Waals surface area contributed by atoms with Crippen LogP contribution in [0.5, 0.6) is 5.75 Å². The molecule has 8 nitrogen and oxygen atoms in total. The van der Waals surface area contributed by atoms with Gasteiger partial charge >= 0.3 is 0 Å². The Bertz CT molecular complexity index is 1000. The van der Waals surface area contributed by atoms with Crippen LogP contribution in [0.1, 0.15) is 29.2 Å². The fourth-order valence-corrected chi connectivity index (χ4v) is 3.55. The predicted molar refractivity (Wildman–Crippen MR) is 117 cm³/mol. The number of nitrogens with one attached hydrogen (secondary N) is 2. The van der Waals surface area contributed by atoms with Crippen molar-refractivity contribution in [2.24, 2.45) is 5.73 Å². The number of hydrogen-bond acceptors (Lipinski definition) is 5. The quantitative estimate of drug-likeness (QED) is 0.334. The molecule has 32 heavy (non-hydrogen) atoms. The Morgan fingerprint density at radius 3 is 2.62 bits per heavy atom. The lowest BCUT2D eigenvalue weighted by molar-refractivity contribution is -0.154. The Morgan fingerprint density at radius 2 is 2.03 bits per heavy atom.